The molecular formula is C16H16N4O. The predicted molar refractivity (Wildman–Crippen MR) is 80.2 cm³/mol. The van der Waals surface area contributed by atoms with E-state index in [9.17, 15) is 4.79 Å². The zero-order chi connectivity index (χ0) is 14.7. The molecule has 106 valence electrons. The zero-order valence-corrected chi connectivity index (χ0v) is 11.8. The van der Waals surface area contributed by atoms with E-state index in [1.165, 1.54) is 5.56 Å². The molecule has 0 aromatic carbocycles. The highest BCUT2D eigenvalue weighted by Gasteiger charge is 2.06. The van der Waals surface area contributed by atoms with Crippen molar-refractivity contribution in [2.24, 2.45) is 0 Å². The second-order valence-corrected chi connectivity index (χ2v) is 4.95. The molecule has 0 saturated carbocycles. The summed E-state index contributed by atoms with van der Waals surface area (Å²) in [6.07, 6.45) is 7.89. The fourth-order valence-electron chi connectivity index (χ4n) is 2.16. The van der Waals surface area contributed by atoms with Crippen molar-refractivity contribution >= 4 is 11.6 Å². The number of fused-ring (bicyclic) bond motifs is 1. The summed E-state index contributed by atoms with van der Waals surface area (Å²) >= 11 is 0. The molecule has 3 aromatic heterocycles. The first-order valence-electron chi connectivity index (χ1n) is 6.85. The first kappa shape index (κ1) is 13.3. The molecule has 0 bridgehead atoms. The van der Waals surface area contributed by atoms with Crippen molar-refractivity contribution in [2.45, 2.75) is 13.3 Å². The van der Waals surface area contributed by atoms with Gasteiger partial charge in [0.15, 0.2) is 0 Å². The number of nitrogens with one attached hydrogen (secondary N) is 1. The Kier molecular flexibility index (Phi) is 3.64. The number of hydrogen-bond donors (Lipinski definition) is 1. The summed E-state index contributed by atoms with van der Waals surface area (Å²) in [6.45, 7) is 2.60. The topological polar surface area (TPSA) is 59.3 Å². The van der Waals surface area contributed by atoms with Gasteiger partial charge in [-0.3, -0.25) is 9.78 Å². The summed E-state index contributed by atoms with van der Waals surface area (Å²) in [4.78, 5) is 20.3. The molecular weight excluding hydrogens is 264 g/mol. The molecule has 5 heteroatoms. The number of pyridine rings is 2. The summed E-state index contributed by atoms with van der Waals surface area (Å²) in [5, 5.41) is 2.87. The number of nitrogens with zero attached hydrogens (tertiary/aromatic N) is 3. The van der Waals surface area contributed by atoms with Gasteiger partial charge in [0, 0.05) is 37.8 Å². The molecule has 0 aliphatic carbocycles. The van der Waals surface area contributed by atoms with Crippen LogP contribution in [0.4, 0.5) is 0 Å². The van der Waals surface area contributed by atoms with Gasteiger partial charge in [-0.1, -0.05) is 0 Å². The highest BCUT2D eigenvalue weighted by Crippen LogP contribution is 2.08. The van der Waals surface area contributed by atoms with E-state index in [0.717, 1.165) is 11.3 Å². The van der Waals surface area contributed by atoms with E-state index in [-0.39, 0.29) is 5.91 Å². The van der Waals surface area contributed by atoms with E-state index in [1.54, 1.807) is 24.5 Å². The minimum atomic E-state index is -0.109. The monoisotopic (exact) mass is 280 g/mol. The normalized spacial score (nSPS) is 10.7. The van der Waals surface area contributed by atoms with Crippen molar-refractivity contribution < 1.29 is 4.79 Å². The molecule has 3 heterocycles. The molecule has 5 nitrogen and oxygen atoms in total. The standard InChI is InChI=1S/C16H16N4O/c1-12-5-8-20-11-14(19-15(20)9-12)4-7-18-16(21)13-3-2-6-17-10-13/h2-3,5-6,8-11H,4,7H2,1H3,(H,18,21). The lowest BCUT2D eigenvalue weighted by atomic mass is 10.2. The first-order valence-corrected chi connectivity index (χ1v) is 6.85. The van der Waals surface area contributed by atoms with Crippen LogP contribution in [-0.4, -0.2) is 26.8 Å². The first-order chi connectivity index (χ1) is 10.2. The average molecular weight is 280 g/mol. The molecule has 3 aromatic rings. The fraction of sp³-hybridized carbons (Fsp3) is 0.188. The lowest BCUT2D eigenvalue weighted by molar-refractivity contribution is 0.0953. The summed E-state index contributed by atoms with van der Waals surface area (Å²) in [7, 11) is 0. The summed E-state index contributed by atoms with van der Waals surface area (Å²) < 4.78 is 1.99. The maximum absolute atomic E-state index is 11.9. The Morgan fingerprint density at radius 2 is 2.29 bits per heavy atom. The Bertz CT molecular complexity index is 764. The predicted octanol–water partition coefficient (Wildman–Crippen LogP) is 2.01. The van der Waals surface area contributed by atoms with Crippen LogP contribution < -0.4 is 5.32 Å². The molecule has 0 aliphatic rings. The number of aromatic nitrogens is 3. The van der Waals surface area contributed by atoms with Crippen molar-refractivity contribution in [3.05, 3.63) is 65.9 Å². The van der Waals surface area contributed by atoms with Crippen LogP contribution in [0.5, 0.6) is 0 Å². The minimum absolute atomic E-state index is 0.109. The number of imidazole rings is 1. The molecule has 3 rings (SSSR count). The van der Waals surface area contributed by atoms with E-state index in [1.807, 2.05) is 35.9 Å². The highest BCUT2D eigenvalue weighted by molar-refractivity contribution is 5.93. The SMILES string of the molecule is Cc1ccn2cc(CCNC(=O)c3cccnc3)nc2c1. The van der Waals surface area contributed by atoms with Crippen LogP contribution in [0.2, 0.25) is 0 Å². The van der Waals surface area contributed by atoms with Gasteiger partial charge in [0.05, 0.1) is 11.3 Å². The molecule has 0 fully saturated rings. The van der Waals surface area contributed by atoms with E-state index in [2.05, 4.69) is 15.3 Å². The Hall–Kier alpha value is -2.69. The van der Waals surface area contributed by atoms with Crippen molar-refractivity contribution in [3.8, 4) is 0 Å². The smallest absolute Gasteiger partial charge is 0.252 e. The number of rotatable bonds is 4. The van der Waals surface area contributed by atoms with Crippen LogP contribution >= 0.6 is 0 Å². The third kappa shape index (κ3) is 3.08. The van der Waals surface area contributed by atoms with Gasteiger partial charge in [-0.25, -0.2) is 4.98 Å². The van der Waals surface area contributed by atoms with Crippen molar-refractivity contribution in [1.82, 2.24) is 19.7 Å². The summed E-state index contributed by atoms with van der Waals surface area (Å²) in [6, 6.07) is 7.58. The van der Waals surface area contributed by atoms with Gasteiger partial charge >= 0.3 is 0 Å². The van der Waals surface area contributed by atoms with E-state index in [0.29, 0.717) is 18.5 Å². The van der Waals surface area contributed by atoms with Crippen molar-refractivity contribution in [1.29, 1.82) is 0 Å². The quantitative estimate of drug-likeness (QED) is 0.795. The molecule has 0 unspecified atom stereocenters. The van der Waals surface area contributed by atoms with Gasteiger partial charge in [0.2, 0.25) is 0 Å². The molecule has 0 radical (unpaired) electrons. The highest BCUT2D eigenvalue weighted by atomic mass is 16.1. The van der Waals surface area contributed by atoms with Gasteiger partial charge in [-0.15, -0.1) is 0 Å². The maximum atomic E-state index is 11.9. The maximum Gasteiger partial charge on any atom is 0.252 e. The molecule has 21 heavy (non-hydrogen) atoms. The van der Waals surface area contributed by atoms with Crippen molar-refractivity contribution in [2.75, 3.05) is 6.54 Å². The largest absolute Gasteiger partial charge is 0.352 e. The molecule has 0 aliphatic heterocycles. The molecule has 0 atom stereocenters. The van der Waals surface area contributed by atoms with Crippen LogP contribution in [0.3, 0.4) is 0 Å². The average Bonchev–Trinajstić information content (AvgIpc) is 2.89. The van der Waals surface area contributed by atoms with E-state index < -0.39 is 0 Å². The second kappa shape index (κ2) is 5.75. The number of carbonyl (C=O) groups is 1. The molecule has 0 saturated heterocycles. The third-order valence-electron chi connectivity index (χ3n) is 3.26. The number of aryl methyl sites for hydroxylation is 1. The number of amides is 1. The minimum Gasteiger partial charge on any atom is -0.352 e. The Morgan fingerprint density at radius 1 is 1.38 bits per heavy atom. The third-order valence-corrected chi connectivity index (χ3v) is 3.26. The molecule has 1 N–H and O–H groups in total. The van der Waals surface area contributed by atoms with E-state index >= 15 is 0 Å². The van der Waals surface area contributed by atoms with Crippen molar-refractivity contribution in [3.63, 3.8) is 0 Å². The number of hydrogen-bond acceptors (Lipinski definition) is 3. The van der Waals surface area contributed by atoms with Gasteiger partial charge in [-0.2, -0.15) is 0 Å². The zero-order valence-electron chi connectivity index (χ0n) is 11.8. The summed E-state index contributed by atoms with van der Waals surface area (Å²) in [5.74, 6) is -0.109. The van der Waals surface area contributed by atoms with Gasteiger partial charge < -0.3 is 9.72 Å². The summed E-state index contributed by atoms with van der Waals surface area (Å²) in [5.41, 5.74) is 3.66. The lowest BCUT2D eigenvalue weighted by Gasteiger charge is -2.02. The Balaban J connectivity index is 1.60. The second-order valence-electron chi connectivity index (χ2n) is 4.95. The van der Waals surface area contributed by atoms with Crippen LogP contribution in [0, 0.1) is 6.92 Å². The van der Waals surface area contributed by atoms with Gasteiger partial charge in [0.25, 0.3) is 5.91 Å². The van der Waals surface area contributed by atoms with Crippen LogP contribution in [0.1, 0.15) is 21.6 Å². The van der Waals surface area contributed by atoms with Gasteiger partial charge in [0.1, 0.15) is 5.65 Å². The Morgan fingerprint density at radius 3 is 3.10 bits per heavy atom. The molecule has 0 spiro atoms. The fourth-order valence-corrected chi connectivity index (χ4v) is 2.16. The Labute approximate surface area is 122 Å². The van der Waals surface area contributed by atoms with Gasteiger partial charge in [-0.05, 0) is 36.8 Å². The van der Waals surface area contributed by atoms with E-state index in [4.69, 9.17) is 0 Å². The van der Waals surface area contributed by atoms with Crippen LogP contribution in [0.25, 0.3) is 5.65 Å². The van der Waals surface area contributed by atoms with Crippen LogP contribution in [0.15, 0.2) is 49.1 Å². The van der Waals surface area contributed by atoms with Crippen LogP contribution in [-0.2, 0) is 6.42 Å². The number of carbonyl (C=O) groups excluding carboxylic acids is 1. The lowest BCUT2D eigenvalue weighted by Crippen LogP contribution is -2.25. The molecule has 1 amide bonds.